The number of nitrogens with one attached hydrogen (secondary N) is 1. The van der Waals surface area contributed by atoms with Crippen LogP contribution in [0.1, 0.15) is 45.4 Å². The Morgan fingerprint density at radius 2 is 2.00 bits per heavy atom. The van der Waals surface area contributed by atoms with Crippen LogP contribution >= 0.6 is 0 Å². The molecule has 3 nitrogen and oxygen atoms in total. The molecular formula is C15H28N2O. The maximum absolute atomic E-state index is 5.61. The Bertz CT molecular complexity index is 280. The maximum atomic E-state index is 5.61. The molecule has 0 aromatic heterocycles. The van der Waals surface area contributed by atoms with Gasteiger partial charge in [0.1, 0.15) is 0 Å². The van der Waals surface area contributed by atoms with Crippen molar-refractivity contribution in [3.8, 4) is 0 Å². The fourth-order valence-electron chi connectivity index (χ4n) is 3.93. The van der Waals surface area contributed by atoms with E-state index in [0.29, 0.717) is 12.1 Å². The van der Waals surface area contributed by atoms with Gasteiger partial charge < -0.3 is 10.1 Å². The van der Waals surface area contributed by atoms with Crippen molar-refractivity contribution in [2.75, 3.05) is 20.2 Å². The van der Waals surface area contributed by atoms with Crippen molar-refractivity contribution in [1.82, 2.24) is 10.2 Å². The van der Waals surface area contributed by atoms with Gasteiger partial charge in [-0.15, -0.1) is 0 Å². The van der Waals surface area contributed by atoms with E-state index in [2.05, 4.69) is 17.1 Å². The molecule has 3 aliphatic rings. The highest BCUT2D eigenvalue weighted by Gasteiger charge is 2.41. The van der Waals surface area contributed by atoms with E-state index in [0.717, 1.165) is 18.0 Å². The molecule has 3 fully saturated rings. The van der Waals surface area contributed by atoms with Crippen LogP contribution in [-0.2, 0) is 4.74 Å². The number of rotatable bonds is 3. The van der Waals surface area contributed by atoms with E-state index in [1.54, 1.807) is 0 Å². The van der Waals surface area contributed by atoms with Crippen LogP contribution < -0.4 is 5.32 Å². The second-order valence-corrected chi connectivity index (χ2v) is 6.59. The Morgan fingerprint density at radius 3 is 2.72 bits per heavy atom. The summed E-state index contributed by atoms with van der Waals surface area (Å²) in [5.74, 6) is 0.980. The molecule has 4 unspecified atom stereocenters. The Labute approximate surface area is 111 Å². The van der Waals surface area contributed by atoms with Gasteiger partial charge in [-0.3, -0.25) is 4.90 Å². The lowest BCUT2D eigenvalue weighted by Gasteiger charge is -2.46. The quantitative estimate of drug-likeness (QED) is 0.831. The molecular weight excluding hydrogens is 224 g/mol. The summed E-state index contributed by atoms with van der Waals surface area (Å²) >= 11 is 0. The van der Waals surface area contributed by atoms with Gasteiger partial charge in [0.25, 0.3) is 0 Å². The summed E-state index contributed by atoms with van der Waals surface area (Å²) in [5, 5.41) is 3.67. The lowest BCUT2D eigenvalue weighted by Crippen LogP contribution is -2.60. The highest BCUT2D eigenvalue weighted by atomic mass is 16.5. The average Bonchev–Trinajstić information content (AvgIpc) is 3.23. The fourth-order valence-corrected chi connectivity index (χ4v) is 3.93. The van der Waals surface area contributed by atoms with Crippen LogP contribution in [0.3, 0.4) is 0 Å². The summed E-state index contributed by atoms with van der Waals surface area (Å²) in [6.45, 7) is 4.77. The van der Waals surface area contributed by atoms with Crippen LogP contribution in [0.5, 0.6) is 0 Å². The first-order chi connectivity index (χ1) is 8.78. The number of ether oxygens (including phenoxy) is 1. The van der Waals surface area contributed by atoms with Gasteiger partial charge in [-0.25, -0.2) is 0 Å². The number of piperazine rings is 1. The minimum atomic E-state index is 0.508. The van der Waals surface area contributed by atoms with E-state index in [1.807, 2.05) is 7.11 Å². The van der Waals surface area contributed by atoms with E-state index >= 15 is 0 Å². The molecule has 2 aliphatic carbocycles. The van der Waals surface area contributed by atoms with E-state index in [9.17, 15) is 0 Å². The zero-order valence-corrected chi connectivity index (χ0v) is 11.9. The Kier molecular flexibility index (Phi) is 3.92. The van der Waals surface area contributed by atoms with Gasteiger partial charge in [-0.2, -0.15) is 0 Å². The van der Waals surface area contributed by atoms with Crippen LogP contribution in [-0.4, -0.2) is 49.3 Å². The predicted octanol–water partition coefficient (Wildman–Crippen LogP) is 2.02. The zero-order chi connectivity index (χ0) is 12.5. The largest absolute Gasteiger partial charge is 0.381 e. The van der Waals surface area contributed by atoms with Crippen molar-refractivity contribution in [1.29, 1.82) is 0 Å². The lowest BCUT2D eigenvalue weighted by atomic mass is 9.89. The summed E-state index contributed by atoms with van der Waals surface area (Å²) in [6, 6.07) is 2.24. The van der Waals surface area contributed by atoms with E-state index < -0.39 is 0 Å². The third kappa shape index (κ3) is 2.73. The first kappa shape index (κ1) is 12.9. The Balaban J connectivity index is 1.66. The molecule has 0 aromatic carbocycles. The summed E-state index contributed by atoms with van der Waals surface area (Å²) in [4.78, 5) is 2.84. The molecule has 18 heavy (non-hydrogen) atoms. The molecule has 1 heterocycles. The number of nitrogens with zero attached hydrogens (tertiary/aromatic N) is 1. The van der Waals surface area contributed by atoms with Gasteiger partial charge >= 0.3 is 0 Å². The second-order valence-electron chi connectivity index (χ2n) is 6.59. The smallest absolute Gasteiger partial charge is 0.0586 e. The molecule has 1 aliphatic heterocycles. The van der Waals surface area contributed by atoms with E-state index in [1.165, 1.54) is 51.6 Å². The standard InChI is InChI=1S/C15H28N2O/c1-11-10-17(15(9-16-11)12-6-7-12)13-4-3-5-14(8-13)18-2/h11-16H,3-10H2,1-2H3. The zero-order valence-electron chi connectivity index (χ0n) is 11.9. The normalized spacial score (nSPS) is 43.0. The first-order valence-corrected chi connectivity index (χ1v) is 7.80. The third-order valence-electron chi connectivity index (χ3n) is 5.15. The Hall–Kier alpha value is -0.120. The fraction of sp³-hybridized carbons (Fsp3) is 1.00. The summed E-state index contributed by atoms with van der Waals surface area (Å²) in [5.41, 5.74) is 0. The molecule has 4 atom stereocenters. The molecule has 2 saturated carbocycles. The topological polar surface area (TPSA) is 24.5 Å². The summed E-state index contributed by atoms with van der Waals surface area (Å²) in [6.07, 6.45) is 8.67. The molecule has 0 bridgehead atoms. The molecule has 0 aromatic rings. The lowest BCUT2D eigenvalue weighted by molar-refractivity contribution is -0.00323. The molecule has 0 radical (unpaired) electrons. The van der Waals surface area contributed by atoms with Gasteiger partial charge in [-0.1, -0.05) is 0 Å². The molecule has 0 amide bonds. The monoisotopic (exact) mass is 252 g/mol. The van der Waals surface area contributed by atoms with Crippen molar-refractivity contribution in [3.05, 3.63) is 0 Å². The molecule has 0 spiro atoms. The molecule has 3 rings (SSSR count). The molecule has 104 valence electrons. The molecule has 1 saturated heterocycles. The van der Waals surface area contributed by atoms with Gasteiger partial charge in [0.2, 0.25) is 0 Å². The Morgan fingerprint density at radius 1 is 1.17 bits per heavy atom. The van der Waals surface area contributed by atoms with Crippen LogP contribution in [0.15, 0.2) is 0 Å². The van der Waals surface area contributed by atoms with Crippen LogP contribution in [0, 0.1) is 5.92 Å². The van der Waals surface area contributed by atoms with E-state index in [4.69, 9.17) is 4.74 Å². The van der Waals surface area contributed by atoms with Crippen molar-refractivity contribution < 1.29 is 4.74 Å². The SMILES string of the molecule is COC1CCCC(N2CC(C)NCC2C2CC2)C1. The number of methoxy groups -OCH3 is 1. The summed E-state index contributed by atoms with van der Waals surface area (Å²) < 4.78 is 5.61. The van der Waals surface area contributed by atoms with Gasteiger partial charge in [0, 0.05) is 38.3 Å². The minimum absolute atomic E-state index is 0.508. The van der Waals surface area contributed by atoms with Crippen LogP contribution in [0.4, 0.5) is 0 Å². The minimum Gasteiger partial charge on any atom is -0.381 e. The number of hydrogen-bond donors (Lipinski definition) is 1. The third-order valence-corrected chi connectivity index (χ3v) is 5.15. The second kappa shape index (κ2) is 5.48. The maximum Gasteiger partial charge on any atom is 0.0586 e. The summed E-state index contributed by atoms with van der Waals surface area (Å²) in [7, 11) is 1.88. The van der Waals surface area contributed by atoms with Crippen molar-refractivity contribution in [2.24, 2.45) is 5.92 Å². The van der Waals surface area contributed by atoms with Crippen molar-refractivity contribution >= 4 is 0 Å². The molecule has 1 N–H and O–H groups in total. The van der Waals surface area contributed by atoms with Gasteiger partial charge in [0.15, 0.2) is 0 Å². The van der Waals surface area contributed by atoms with Crippen molar-refractivity contribution in [3.63, 3.8) is 0 Å². The number of hydrogen-bond acceptors (Lipinski definition) is 3. The van der Waals surface area contributed by atoms with Gasteiger partial charge in [-0.05, 0) is 51.4 Å². The average molecular weight is 252 g/mol. The van der Waals surface area contributed by atoms with E-state index in [-0.39, 0.29) is 0 Å². The first-order valence-electron chi connectivity index (χ1n) is 7.80. The van der Waals surface area contributed by atoms with Crippen LogP contribution in [0.25, 0.3) is 0 Å². The van der Waals surface area contributed by atoms with Gasteiger partial charge in [0.05, 0.1) is 6.10 Å². The predicted molar refractivity (Wildman–Crippen MR) is 73.7 cm³/mol. The highest BCUT2D eigenvalue weighted by Crippen LogP contribution is 2.39. The molecule has 3 heteroatoms. The highest BCUT2D eigenvalue weighted by molar-refractivity contribution is 4.97. The van der Waals surface area contributed by atoms with Crippen LogP contribution in [0.2, 0.25) is 0 Å². The van der Waals surface area contributed by atoms with Crippen molar-refractivity contribution in [2.45, 2.75) is 69.7 Å².